The standard InChI is InChI=1S/C15H26N4/c1-4-16-10-12-7-8-14-13(9-12)11-17-15(18-14)19(5-2)6-3/h11-12,16H,4-10H2,1-3H3. The summed E-state index contributed by atoms with van der Waals surface area (Å²) < 4.78 is 0. The predicted octanol–water partition coefficient (Wildman–Crippen LogP) is 2.04. The van der Waals surface area contributed by atoms with E-state index in [0.717, 1.165) is 50.9 Å². The fraction of sp³-hybridized carbons (Fsp3) is 0.733. The molecule has 0 fully saturated rings. The summed E-state index contributed by atoms with van der Waals surface area (Å²) in [6.45, 7) is 10.6. The first kappa shape index (κ1) is 14.3. The zero-order valence-corrected chi connectivity index (χ0v) is 12.4. The van der Waals surface area contributed by atoms with E-state index in [4.69, 9.17) is 4.98 Å². The number of nitrogens with one attached hydrogen (secondary N) is 1. The van der Waals surface area contributed by atoms with Crippen LogP contribution >= 0.6 is 0 Å². The molecule has 0 saturated heterocycles. The minimum atomic E-state index is 0.746. The van der Waals surface area contributed by atoms with E-state index in [9.17, 15) is 0 Å². The van der Waals surface area contributed by atoms with Crippen molar-refractivity contribution >= 4 is 5.95 Å². The van der Waals surface area contributed by atoms with Crippen molar-refractivity contribution in [2.45, 2.75) is 40.0 Å². The molecule has 1 N–H and O–H groups in total. The van der Waals surface area contributed by atoms with Gasteiger partial charge in [0.15, 0.2) is 0 Å². The minimum absolute atomic E-state index is 0.746. The van der Waals surface area contributed by atoms with Gasteiger partial charge in [-0.1, -0.05) is 6.92 Å². The second kappa shape index (κ2) is 6.85. The van der Waals surface area contributed by atoms with E-state index in [0.29, 0.717) is 0 Å². The van der Waals surface area contributed by atoms with Crippen molar-refractivity contribution in [1.29, 1.82) is 0 Å². The highest BCUT2D eigenvalue weighted by molar-refractivity contribution is 5.34. The number of aryl methyl sites for hydroxylation is 1. The SMILES string of the molecule is CCNCC1CCc2nc(N(CC)CC)ncc2C1. The molecule has 1 unspecified atom stereocenters. The second-order valence-corrected chi connectivity index (χ2v) is 5.23. The Bertz CT molecular complexity index is 401. The number of nitrogens with zero attached hydrogens (tertiary/aromatic N) is 3. The number of fused-ring (bicyclic) bond motifs is 1. The van der Waals surface area contributed by atoms with Crippen LogP contribution in [0.1, 0.15) is 38.4 Å². The van der Waals surface area contributed by atoms with Gasteiger partial charge in [-0.05, 0) is 57.7 Å². The van der Waals surface area contributed by atoms with Crippen LogP contribution in [-0.4, -0.2) is 36.1 Å². The molecule has 0 radical (unpaired) electrons. The van der Waals surface area contributed by atoms with Gasteiger partial charge < -0.3 is 10.2 Å². The van der Waals surface area contributed by atoms with Crippen molar-refractivity contribution in [3.8, 4) is 0 Å². The third-order valence-corrected chi connectivity index (χ3v) is 3.97. The lowest BCUT2D eigenvalue weighted by atomic mass is 9.87. The summed E-state index contributed by atoms with van der Waals surface area (Å²) >= 11 is 0. The van der Waals surface area contributed by atoms with Gasteiger partial charge in [0.1, 0.15) is 0 Å². The Kier molecular flexibility index (Phi) is 5.14. The van der Waals surface area contributed by atoms with Crippen molar-refractivity contribution in [2.75, 3.05) is 31.1 Å². The van der Waals surface area contributed by atoms with Crippen molar-refractivity contribution < 1.29 is 0 Å². The summed E-state index contributed by atoms with van der Waals surface area (Å²) in [5.41, 5.74) is 2.62. The largest absolute Gasteiger partial charge is 0.341 e. The lowest BCUT2D eigenvalue weighted by Gasteiger charge is -2.26. The van der Waals surface area contributed by atoms with Gasteiger partial charge in [-0.25, -0.2) is 9.97 Å². The van der Waals surface area contributed by atoms with Crippen LogP contribution in [0.5, 0.6) is 0 Å². The van der Waals surface area contributed by atoms with E-state index in [-0.39, 0.29) is 0 Å². The number of rotatable bonds is 6. The Balaban J connectivity index is 2.07. The molecule has 1 atom stereocenters. The molecule has 0 amide bonds. The molecule has 1 aliphatic carbocycles. The first-order valence-electron chi connectivity index (χ1n) is 7.58. The lowest BCUT2D eigenvalue weighted by molar-refractivity contribution is 0.424. The van der Waals surface area contributed by atoms with Crippen LogP contribution in [0.25, 0.3) is 0 Å². The normalized spacial score (nSPS) is 18.2. The van der Waals surface area contributed by atoms with Crippen molar-refractivity contribution in [3.05, 3.63) is 17.5 Å². The minimum Gasteiger partial charge on any atom is -0.341 e. The molecule has 4 nitrogen and oxygen atoms in total. The van der Waals surface area contributed by atoms with E-state index in [1.807, 2.05) is 6.20 Å². The Morgan fingerprint density at radius 2 is 2.11 bits per heavy atom. The second-order valence-electron chi connectivity index (χ2n) is 5.23. The Labute approximate surface area is 116 Å². The van der Waals surface area contributed by atoms with E-state index >= 15 is 0 Å². The van der Waals surface area contributed by atoms with Gasteiger partial charge in [-0.2, -0.15) is 0 Å². The number of anilines is 1. The molecule has 0 saturated carbocycles. The quantitative estimate of drug-likeness (QED) is 0.852. The van der Waals surface area contributed by atoms with Gasteiger partial charge in [0.2, 0.25) is 5.95 Å². The molecule has 1 heterocycles. The first-order valence-corrected chi connectivity index (χ1v) is 7.58. The van der Waals surface area contributed by atoms with E-state index < -0.39 is 0 Å². The molecule has 1 aromatic heterocycles. The highest BCUT2D eigenvalue weighted by Crippen LogP contribution is 2.24. The van der Waals surface area contributed by atoms with Crippen molar-refractivity contribution in [1.82, 2.24) is 15.3 Å². The van der Waals surface area contributed by atoms with Gasteiger partial charge in [0.25, 0.3) is 0 Å². The Morgan fingerprint density at radius 1 is 1.32 bits per heavy atom. The third-order valence-electron chi connectivity index (χ3n) is 3.97. The third kappa shape index (κ3) is 3.44. The van der Waals surface area contributed by atoms with Crippen molar-refractivity contribution in [3.63, 3.8) is 0 Å². The molecule has 1 aromatic rings. The maximum atomic E-state index is 4.76. The molecule has 0 bridgehead atoms. The van der Waals surface area contributed by atoms with E-state index in [1.54, 1.807) is 0 Å². The number of aromatic nitrogens is 2. The molecule has 0 aromatic carbocycles. The first-order chi connectivity index (χ1) is 9.28. The maximum absolute atomic E-state index is 4.76. The molecular weight excluding hydrogens is 236 g/mol. The summed E-state index contributed by atoms with van der Waals surface area (Å²) in [5.74, 6) is 1.64. The lowest BCUT2D eigenvalue weighted by Crippen LogP contribution is -2.29. The summed E-state index contributed by atoms with van der Waals surface area (Å²) in [4.78, 5) is 11.5. The molecule has 19 heavy (non-hydrogen) atoms. The van der Waals surface area contributed by atoms with Crippen LogP contribution in [0.4, 0.5) is 5.95 Å². The van der Waals surface area contributed by atoms with Crippen molar-refractivity contribution in [2.24, 2.45) is 5.92 Å². The molecule has 106 valence electrons. The average molecular weight is 262 g/mol. The Morgan fingerprint density at radius 3 is 2.79 bits per heavy atom. The maximum Gasteiger partial charge on any atom is 0.225 e. The Hall–Kier alpha value is -1.16. The molecule has 1 aliphatic rings. The van der Waals surface area contributed by atoms with Gasteiger partial charge in [-0.3, -0.25) is 0 Å². The van der Waals surface area contributed by atoms with E-state index in [2.05, 4.69) is 36.0 Å². The molecule has 2 rings (SSSR count). The summed E-state index contributed by atoms with van der Waals surface area (Å²) in [6, 6.07) is 0. The predicted molar refractivity (Wildman–Crippen MR) is 79.7 cm³/mol. The molecule has 0 aliphatic heterocycles. The smallest absolute Gasteiger partial charge is 0.225 e. The van der Waals surface area contributed by atoms with Gasteiger partial charge >= 0.3 is 0 Å². The number of hydrogen-bond donors (Lipinski definition) is 1. The van der Waals surface area contributed by atoms with E-state index in [1.165, 1.54) is 17.7 Å². The molecular formula is C15H26N4. The fourth-order valence-electron chi connectivity index (χ4n) is 2.75. The highest BCUT2D eigenvalue weighted by atomic mass is 15.2. The van der Waals surface area contributed by atoms with Crippen LogP contribution in [0, 0.1) is 5.92 Å². The van der Waals surface area contributed by atoms with Crippen LogP contribution < -0.4 is 10.2 Å². The highest BCUT2D eigenvalue weighted by Gasteiger charge is 2.20. The van der Waals surface area contributed by atoms with Gasteiger partial charge in [0, 0.05) is 25.0 Å². The summed E-state index contributed by atoms with van der Waals surface area (Å²) in [7, 11) is 0. The van der Waals surface area contributed by atoms with Gasteiger partial charge in [-0.15, -0.1) is 0 Å². The average Bonchev–Trinajstić information content (AvgIpc) is 2.46. The fourth-order valence-corrected chi connectivity index (χ4v) is 2.75. The van der Waals surface area contributed by atoms with Crippen LogP contribution in [0.15, 0.2) is 6.20 Å². The van der Waals surface area contributed by atoms with Gasteiger partial charge in [0.05, 0.1) is 0 Å². The topological polar surface area (TPSA) is 41.1 Å². The number of hydrogen-bond acceptors (Lipinski definition) is 4. The van der Waals surface area contributed by atoms with Crippen LogP contribution in [0.3, 0.4) is 0 Å². The zero-order valence-electron chi connectivity index (χ0n) is 12.4. The summed E-state index contributed by atoms with van der Waals surface area (Å²) in [6.07, 6.45) is 5.52. The van der Waals surface area contributed by atoms with Crippen LogP contribution in [0.2, 0.25) is 0 Å². The zero-order chi connectivity index (χ0) is 13.7. The van der Waals surface area contributed by atoms with Crippen LogP contribution in [-0.2, 0) is 12.8 Å². The summed E-state index contributed by atoms with van der Waals surface area (Å²) in [5, 5.41) is 3.45. The molecule has 4 heteroatoms. The molecule has 0 spiro atoms. The monoisotopic (exact) mass is 262 g/mol.